The van der Waals surface area contributed by atoms with Crippen LogP contribution in [0, 0.1) is 35.0 Å². The lowest BCUT2D eigenvalue weighted by Crippen LogP contribution is -2.38. The molecule has 0 radical (unpaired) electrons. The third-order valence-corrected chi connectivity index (χ3v) is 4.02. The summed E-state index contributed by atoms with van der Waals surface area (Å²) < 4.78 is 0. The quantitative estimate of drug-likeness (QED) is 0.821. The van der Waals surface area contributed by atoms with Crippen molar-refractivity contribution in [1.82, 2.24) is 4.90 Å². The van der Waals surface area contributed by atoms with Crippen LogP contribution < -0.4 is 0 Å². The molecule has 0 saturated heterocycles. The number of hydrogen-bond acceptors (Lipinski definition) is 3. The number of nitrogens with zero attached hydrogens (tertiary/aromatic N) is 2. The van der Waals surface area contributed by atoms with E-state index in [2.05, 4.69) is 6.07 Å². The molecule has 19 heavy (non-hydrogen) atoms. The largest absolute Gasteiger partial charge is 0.481 e. The summed E-state index contributed by atoms with van der Waals surface area (Å²) in [7, 11) is 1.65. The van der Waals surface area contributed by atoms with Crippen molar-refractivity contribution < 1.29 is 14.7 Å². The Labute approximate surface area is 114 Å². The van der Waals surface area contributed by atoms with E-state index >= 15 is 0 Å². The van der Waals surface area contributed by atoms with Crippen molar-refractivity contribution in [1.29, 1.82) is 5.26 Å². The zero-order valence-electron chi connectivity index (χ0n) is 11.8. The van der Waals surface area contributed by atoms with Crippen molar-refractivity contribution in [2.75, 3.05) is 13.6 Å². The molecule has 1 rings (SSSR count). The van der Waals surface area contributed by atoms with Gasteiger partial charge >= 0.3 is 5.97 Å². The van der Waals surface area contributed by atoms with Gasteiger partial charge in [-0.25, -0.2) is 0 Å². The number of nitriles is 1. The molecule has 0 aliphatic heterocycles. The Balaban J connectivity index is 2.74. The molecule has 5 nitrogen and oxygen atoms in total. The van der Waals surface area contributed by atoms with Crippen LogP contribution in [0.25, 0.3) is 0 Å². The summed E-state index contributed by atoms with van der Waals surface area (Å²) in [5.41, 5.74) is 0. The van der Waals surface area contributed by atoms with E-state index in [1.807, 2.05) is 6.92 Å². The highest BCUT2D eigenvalue weighted by Gasteiger charge is 2.43. The van der Waals surface area contributed by atoms with Gasteiger partial charge in [0.25, 0.3) is 0 Å². The van der Waals surface area contributed by atoms with E-state index < -0.39 is 17.8 Å². The topological polar surface area (TPSA) is 81.4 Å². The van der Waals surface area contributed by atoms with Crippen LogP contribution in [0.15, 0.2) is 0 Å². The number of rotatable bonds is 5. The summed E-state index contributed by atoms with van der Waals surface area (Å²) in [6.45, 7) is 4.13. The molecular weight excluding hydrogens is 244 g/mol. The molecule has 0 heterocycles. The maximum Gasteiger partial charge on any atom is 0.307 e. The first-order valence-corrected chi connectivity index (χ1v) is 6.78. The minimum atomic E-state index is -0.879. The number of aliphatic carboxylic acids is 1. The molecule has 5 heteroatoms. The summed E-state index contributed by atoms with van der Waals surface area (Å²) >= 11 is 0. The molecular formula is C14H22N2O3. The van der Waals surface area contributed by atoms with Crippen molar-refractivity contribution in [2.45, 2.75) is 33.1 Å². The molecule has 0 spiro atoms. The molecule has 1 aliphatic rings. The number of carbonyl (C=O) groups excluding carboxylic acids is 1. The summed E-state index contributed by atoms with van der Waals surface area (Å²) in [5.74, 6) is -1.94. The maximum absolute atomic E-state index is 12.3. The van der Waals surface area contributed by atoms with Gasteiger partial charge in [-0.1, -0.05) is 13.3 Å². The van der Waals surface area contributed by atoms with E-state index in [0.717, 1.165) is 6.42 Å². The highest BCUT2D eigenvalue weighted by molar-refractivity contribution is 5.85. The van der Waals surface area contributed by atoms with Gasteiger partial charge in [0.1, 0.15) is 0 Å². The third-order valence-electron chi connectivity index (χ3n) is 4.02. The van der Waals surface area contributed by atoms with Crippen molar-refractivity contribution >= 4 is 11.9 Å². The second kappa shape index (κ2) is 6.55. The molecule has 1 fully saturated rings. The molecule has 1 aliphatic carbocycles. The average molecular weight is 266 g/mol. The minimum Gasteiger partial charge on any atom is -0.481 e. The standard InChI is InChI=1S/C14H22N2O3/c1-4-10-5-11(12(6-10)14(18)19)13(17)16(3)8-9(2)7-15/h9-12H,4-6,8H2,1-3H3,(H,18,19)/t9?,10?,11-,12+/m0/s1. The Hall–Kier alpha value is -1.57. The highest BCUT2D eigenvalue weighted by Crippen LogP contribution is 2.39. The Morgan fingerprint density at radius 2 is 2.00 bits per heavy atom. The van der Waals surface area contributed by atoms with Crippen LogP contribution in [-0.4, -0.2) is 35.5 Å². The molecule has 0 aromatic heterocycles. The van der Waals surface area contributed by atoms with E-state index in [1.54, 1.807) is 14.0 Å². The number of carbonyl (C=O) groups is 2. The first-order chi connectivity index (χ1) is 8.90. The first kappa shape index (κ1) is 15.5. The molecule has 1 amide bonds. The lowest BCUT2D eigenvalue weighted by Gasteiger charge is -2.24. The first-order valence-electron chi connectivity index (χ1n) is 6.78. The van der Waals surface area contributed by atoms with Gasteiger partial charge in [-0.3, -0.25) is 9.59 Å². The van der Waals surface area contributed by atoms with Gasteiger partial charge in [0.15, 0.2) is 0 Å². The van der Waals surface area contributed by atoms with Crippen LogP contribution in [0.5, 0.6) is 0 Å². The predicted molar refractivity (Wildman–Crippen MR) is 70.0 cm³/mol. The van der Waals surface area contributed by atoms with Crippen LogP contribution in [0.2, 0.25) is 0 Å². The average Bonchev–Trinajstić information content (AvgIpc) is 2.81. The molecule has 0 aromatic carbocycles. The van der Waals surface area contributed by atoms with Crippen molar-refractivity contribution in [2.24, 2.45) is 23.7 Å². The van der Waals surface area contributed by atoms with Gasteiger partial charge in [0.05, 0.1) is 23.8 Å². The van der Waals surface area contributed by atoms with Gasteiger partial charge in [0.2, 0.25) is 5.91 Å². The lowest BCUT2D eigenvalue weighted by atomic mass is 9.94. The van der Waals surface area contributed by atoms with E-state index in [0.29, 0.717) is 25.3 Å². The zero-order valence-corrected chi connectivity index (χ0v) is 11.8. The van der Waals surface area contributed by atoms with Crippen LogP contribution in [0.3, 0.4) is 0 Å². The number of hydrogen-bond donors (Lipinski definition) is 1. The van der Waals surface area contributed by atoms with Gasteiger partial charge in [-0.2, -0.15) is 5.26 Å². The summed E-state index contributed by atoms with van der Waals surface area (Å²) in [5, 5.41) is 18.0. The Morgan fingerprint density at radius 3 is 2.47 bits per heavy atom. The van der Waals surface area contributed by atoms with Crippen LogP contribution in [-0.2, 0) is 9.59 Å². The Bertz CT molecular complexity index is 389. The molecule has 106 valence electrons. The maximum atomic E-state index is 12.3. The van der Waals surface area contributed by atoms with E-state index in [-0.39, 0.29) is 11.8 Å². The molecule has 4 atom stereocenters. The number of amides is 1. The molecule has 0 aromatic rings. The Kier molecular flexibility index (Phi) is 5.34. The van der Waals surface area contributed by atoms with Crippen LogP contribution >= 0.6 is 0 Å². The van der Waals surface area contributed by atoms with Crippen LogP contribution in [0.1, 0.15) is 33.1 Å². The molecule has 0 bridgehead atoms. The monoisotopic (exact) mass is 266 g/mol. The lowest BCUT2D eigenvalue weighted by molar-refractivity contribution is -0.148. The van der Waals surface area contributed by atoms with E-state index in [1.165, 1.54) is 4.90 Å². The fourth-order valence-corrected chi connectivity index (χ4v) is 2.85. The second-order valence-electron chi connectivity index (χ2n) is 5.55. The zero-order chi connectivity index (χ0) is 14.6. The third kappa shape index (κ3) is 3.69. The summed E-state index contributed by atoms with van der Waals surface area (Å²) in [4.78, 5) is 25.1. The number of carboxylic acid groups (broad SMARTS) is 1. The van der Waals surface area contributed by atoms with Gasteiger partial charge < -0.3 is 10.0 Å². The minimum absolute atomic E-state index is 0.134. The predicted octanol–water partition coefficient (Wildman–Crippen LogP) is 1.74. The molecule has 2 unspecified atom stereocenters. The van der Waals surface area contributed by atoms with Crippen molar-refractivity contribution in [3.63, 3.8) is 0 Å². The van der Waals surface area contributed by atoms with Gasteiger partial charge in [-0.15, -0.1) is 0 Å². The van der Waals surface area contributed by atoms with E-state index in [4.69, 9.17) is 5.26 Å². The van der Waals surface area contributed by atoms with Gasteiger partial charge in [0, 0.05) is 13.6 Å². The molecule has 1 saturated carbocycles. The normalized spacial score (nSPS) is 27.6. The van der Waals surface area contributed by atoms with Crippen molar-refractivity contribution in [3.05, 3.63) is 0 Å². The summed E-state index contributed by atoms with van der Waals surface area (Å²) in [6, 6.07) is 2.08. The fraction of sp³-hybridized carbons (Fsp3) is 0.786. The fourth-order valence-electron chi connectivity index (χ4n) is 2.85. The number of carboxylic acids is 1. The summed E-state index contributed by atoms with van der Waals surface area (Å²) in [6.07, 6.45) is 2.15. The second-order valence-corrected chi connectivity index (χ2v) is 5.55. The Morgan fingerprint density at radius 1 is 1.42 bits per heavy atom. The van der Waals surface area contributed by atoms with Crippen molar-refractivity contribution in [3.8, 4) is 6.07 Å². The highest BCUT2D eigenvalue weighted by atomic mass is 16.4. The van der Waals surface area contributed by atoms with Gasteiger partial charge in [-0.05, 0) is 25.7 Å². The SMILES string of the molecule is CCC1C[C@H](C(=O)N(C)CC(C)C#N)[C@H](C(=O)O)C1. The molecule has 1 N–H and O–H groups in total. The van der Waals surface area contributed by atoms with E-state index in [9.17, 15) is 14.7 Å². The smallest absolute Gasteiger partial charge is 0.307 e. The van der Waals surface area contributed by atoms with Crippen LogP contribution in [0.4, 0.5) is 0 Å².